The van der Waals surface area contributed by atoms with E-state index in [2.05, 4.69) is 5.32 Å². The summed E-state index contributed by atoms with van der Waals surface area (Å²) < 4.78 is 23.8. The second-order valence-corrected chi connectivity index (χ2v) is 8.72. The predicted octanol–water partition coefficient (Wildman–Crippen LogP) is 3.00. The lowest BCUT2D eigenvalue weighted by atomic mass is 10.3. The third-order valence-electron chi connectivity index (χ3n) is 3.41. The van der Waals surface area contributed by atoms with E-state index in [1.165, 1.54) is 19.2 Å². The minimum atomic E-state index is -3.46. The Morgan fingerprint density at radius 3 is 2.44 bits per heavy atom. The summed E-state index contributed by atoms with van der Waals surface area (Å²) in [5, 5.41) is 3.23. The topological polar surface area (TPSA) is 83.6 Å². The van der Waals surface area contributed by atoms with Crippen LogP contribution in [0.4, 0.5) is 5.69 Å². The zero-order valence-corrected chi connectivity index (χ0v) is 16.5. The number of rotatable bonds is 9. The van der Waals surface area contributed by atoms with Crippen LogP contribution in [0.25, 0.3) is 0 Å². The van der Waals surface area contributed by atoms with Crippen LogP contribution in [0, 0.1) is 0 Å². The third-order valence-corrected chi connectivity index (χ3v) is 5.75. The molecule has 0 unspecified atom stereocenters. The van der Waals surface area contributed by atoms with Gasteiger partial charge in [0.1, 0.15) is 5.75 Å². The first kappa shape index (κ1) is 21.7. The van der Waals surface area contributed by atoms with Gasteiger partial charge in [-0.1, -0.05) is 43.0 Å². The number of nitrogens with one attached hydrogen (secondary N) is 1. The van der Waals surface area contributed by atoms with Gasteiger partial charge < -0.3 is 10.2 Å². The van der Waals surface area contributed by atoms with Gasteiger partial charge in [-0.15, -0.1) is 0 Å². The summed E-state index contributed by atoms with van der Waals surface area (Å²) in [4.78, 5) is 25.1. The van der Waals surface area contributed by atoms with Crippen molar-refractivity contribution in [1.29, 1.82) is 0 Å². The fourth-order valence-electron chi connectivity index (χ4n) is 2.02. The molecule has 0 aliphatic heterocycles. The quantitative estimate of drug-likeness (QED) is 0.636. The number of anilines is 1. The Morgan fingerprint density at radius 2 is 1.84 bits per heavy atom. The van der Waals surface area contributed by atoms with Gasteiger partial charge in [-0.05, 0) is 24.6 Å². The van der Waals surface area contributed by atoms with Crippen molar-refractivity contribution < 1.29 is 18.0 Å². The molecule has 0 aliphatic carbocycles. The van der Waals surface area contributed by atoms with Gasteiger partial charge in [-0.25, -0.2) is 8.42 Å². The number of hydrogen-bond donors (Lipinski definition) is 1. The van der Waals surface area contributed by atoms with E-state index < -0.39 is 27.4 Å². The molecule has 6 nitrogen and oxygen atoms in total. The highest BCUT2D eigenvalue weighted by Gasteiger charge is 2.21. The maximum atomic E-state index is 12.0. The molecule has 2 amide bonds. The lowest BCUT2D eigenvalue weighted by Gasteiger charge is -2.17. The highest BCUT2D eigenvalue weighted by atomic mass is 35.5. The molecule has 1 N–H and O–H groups in total. The molecule has 0 spiro atoms. The van der Waals surface area contributed by atoms with Gasteiger partial charge in [0.2, 0.25) is 11.8 Å². The van der Waals surface area contributed by atoms with Crippen LogP contribution >= 0.6 is 23.2 Å². The Kier molecular flexibility index (Phi) is 8.68. The first-order valence-electron chi connectivity index (χ1n) is 7.84. The van der Waals surface area contributed by atoms with Crippen LogP contribution in [0.15, 0.2) is 18.2 Å². The summed E-state index contributed by atoms with van der Waals surface area (Å²) in [6.45, 7) is 1.71. The van der Waals surface area contributed by atoms with Crippen molar-refractivity contribution in [1.82, 2.24) is 4.90 Å². The predicted molar refractivity (Wildman–Crippen MR) is 101 cm³/mol. The summed E-state index contributed by atoms with van der Waals surface area (Å²) in [7, 11) is -2.07. The third kappa shape index (κ3) is 8.07. The van der Waals surface area contributed by atoms with Crippen molar-refractivity contribution in [3.63, 3.8) is 0 Å². The average molecular weight is 409 g/mol. The van der Waals surface area contributed by atoms with Crippen LogP contribution in [0.3, 0.4) is 0 Å². The van der Waals surface area contributed by atoms with E-state index in [9.17, 15) is 18.0 Å². The second kappa shape index (κ2) is 9.99. The number of benzene rings is 1. The first-order valence-corrected chi connectivity index (χ1v) is 10.4. The van der Waals surface area contributed by atoms with Gasteiger partial charge >= 0.3 is 0 Å². The molecule has 0 saturated heterocycles. The molecule has 0 bridgehead atoms. The molecule has 0 radical (unpaired) electrons. The highest BCUT2D eigenvalue weighted by molar-refractivity contribution is 7.92. The summed E-state index contributed by atoms with van der Waals surface area (Å²) in [5.74, 6) is -1.68. The number of likely N-dealkylation sites (N-methyl/N-ethyl adjacent to an activating group) is 1. The van der Waals surface area contributed by atoms with Gasteiger partial charge in [-0.3, -0.25) is 9.59 Å². The number of unbranched alkanes of at least 4 members (excludes halogenated alkanes) is 2. The molecule has 25 heavy (non-hydrogen) atoms. The normalized spacial score (nSPS) is 11.2. The molecule has 0 fully saturated rings. The molecule has 1 rings (SSSR count). The molecule has 0 heterocycles. The molecule has 9 heteroatoms. The molecule has 0 aromatic heterocycles. The number of carbonyl (C=O) groups excluding carboxylic acids is 2. The van der Waals surface area contributed by atoms with Crippen LogP contribution in [0.2, 0.25) is 10.0 Å². The SMILES string of the molecule is CCCCCS(=O)(=O)CC(=O)N(C)CC(=O)Nc1ccc(Cl)c(Cl)c1. The minimum Gasteiger partial charge on any atom is -0.336 e. The van der Waals surface area contributed by atoms with Crippen LogP contribution in [-0.2, 0) is 19.4 Å². The van der Waals surface area contributed by atoms with E-state index in [0.29, 0.717) is 22.2 Å². The van der Waals surface area contributed by atoms with Gasteiger partial charge in [-0.2, -0.15) is 0 Å². The summed E-state index contributed by atoms with van der Waals surface area (Å²) >= 11 is 11.7. The largest absolute Gasteiger partial charge is 0.336 e. The van der Waals surface area contributed by atoms with Crippen LogP contribution in [0.5, 0.6) is 0 Å². The van der Waals surface area contributed by atoms with E-state index in [-0.39, 0.29) is 12.3 Å². The lowest BCUT2D eigenvalue weighted by Crippen LogP contribution is -2.38. The van der Waals surface area contributed by atoms with Crippen molar-refractivity contribution in [3.8, 4) is 0 Å². The zero-order chi connectivity index (χ0) is 19.0. The molecule has 140 valence electrons. The second-order valence-electron chi connectivity index (χ2n) is 5.73. The molecular weight excluding hydrogens is 387 g/mol. The molecular formula is C16H22Cl2N2O4S. The van der Waals surface area contributed by atoms with E-state index in [0.717, 1.165) is 17.7 Å². The maximum Gasteiger partial charge on any atom is 0.243 e. The smallest absolute Gasteiger partial charge is 0.243 e. The number of hydrogen-bond acceptors (Lipinski definition) is 4. The van der Waals surface area contributed by atoms with Crippen molar-refractivity contribution >= 4 is 50.5 Å². The van der Waals surface area contributed by atoms with Crippen LogP contribution in [0.1, 0.15) is 26.2 Å². The van der Waals surface area contributed by atoms with Crippen LogP contribution in [-0.4, -0.2) is 50.2 Å². The first-order chi connectivity index (χ1) is 11.6. The average Bonchev–Trinajstić information content (AvgIpc) is 2.50. The molecule has 1 aromatic rings. The summed E-state index contributed by atoms with van der Waals surface area (Å²) in [5.41, 5.74) is 0.437. The molecule has 0 aliphatic rings. The number of halogens is 2. The Hall–Kier alpha value is -1.31. The van der Waals surface area contributed by atoms with E-state index in [1.54, 1.807) is 6.07 Å². The maximum absolute atomic E-state index is 12.0. The lowest BCUT2D eigenvalue weighted by molar-refractivity contribution is -0.131. The molecule has 0 saturated carbocycles. The number of sulfone groups is 1. The fourth-order valence-corrected chi connectivity index (χ4v) is 3.70. The van der Waals surface area contributed by atoms with E-state index in [1.807, 2.05) is 6.92 Å². The Balaban J connectivity index is 2.53. The Labute approximate surface area is 158 Å². The fraction of sp³-hybridized carbons (Fsp3) is 0.500. The van der Waals surface area contributed by atoms with Crippen molar-refractivity contribution in [2.45, 2.75) is 26.2 Å². The zero-order valence-electron chi connectivity index (χ0n) is 14.2. The number of amides is 2. The monoisotopic (exact) mass is 408 g/mol. The van der Waals surface area contributed by atoms with Gasteiger partial charge in [0.15, 0.2) is 9.84 Å². The van der Waals surface area contributed by atoms with E-state index >= 15 is 0 Å². The van der Waals surface area contributed by atoms with Crippen molar-refractivity contribution in [2.75, 3.05) is 30.4 Å². The molecule has 0 atom stereocenters. The Bertz CT molecular complexity index is 723. The van der Waals surface area contributed by atoms with Gasteiger partial charge in [0, 0.05) is 12.7 Å². The molecule has 1 aromatic carbocycles. The standard InChI is InChI=1S/C16H22Cl2N2O4S/c1-3-4-5-8-25(23,24)11-16(22)20(2)10-15(21)19-12-6-7-13(17)14(18)9-12/h6-7,9H,3-5,8,10-11H2,1-2H3,(H,19,21). The summed E-state index contributed by atoms with van der Waals surface area (Å²) in [6.07, 6.45) is 2.24. The van der Waals surface area contributed by atoms with Crippen molar-refractivity contribution in [3.05, 3.63) is 28.2 Å². The van der Waals surface area contributed by atoms with Crippen molar-refractivity contribution in [2.24, 2.45) is 0 Å². The number of nitrogens with zero attached hydrogens (tertiary/aromatic N) is 1. The van der Waals surface area contributed by atoms with E-state index in [4.69, 9.17) is 23.2 Å². The van der Waals surface area contributed by atoms with Gasteiger partial charge in [0.05, 0.1) is 22.3 Å². The number of carbonyl (C=O) groups is 2. The minimum absolute atomic E-state index is 0.0180. The Morgan fingerprint density at radius 1 is 1.16 bits per heavy atom. The highest BCUT2D eigenvalue weighted by Crippen LogP contribution is 2.24. The van der Waals surface area contributed by atoms with Crippen LogP contribution < -0.4 is 5.32 Å². The summed E-state index contributed by atoms with van der Waals surface area (Å²) in [6, 6.07) is 4.60. The van der Waals surface area contributed by atoms with Gasteiger partial charge in [0.25, 0.3) is 0 Å².